The number of amides is 1. The Bertz CT molecular complexity index is 1290. The Balaban J connectivity index is 1.54. The van der Waals surface area contributed by atoms with Gasteiger partial charge in [0.15, 0.2) is 5.17 Å². The molecule has 0 spiro atoms. The number of benzene rings is 2. The molecule has 0 N–H and O–H groups in total. The number of aliphatic imine (C=N–C) groups is 2. The average Bonchev–Trinajstić information content (AvgIpc) is 3.45. The Kier molecular flexibility index (Phi) is 8.13. The summed E-state index contributed by atoms with van der Waals surface area (Å²) in [5, 5.41) is 16.7. The zero-order valence-electron chi connectivity index (χ0n) is 20.2. The lowest BCUT2D eigenvalue weighted by Gasteiger charge is -2.18. The average molecular weight is 507 g/mol. The smallest absolute Gasteiger partial charge is 0.320 e. The molecule has 0 bridgehead atoms. The number of carbonyl (C=O) groups is 1. The molecule has 0 atom stereocenters. The zero-order valence-corrected chi connectivity index (χ0v) is 21.0. The minimum absolute atomic E-state index is 0.0287. The Labute approximate surface area is 213 Å². The summed E-state index contributed by atoms with van der Waals surface area (Å²) in [5.74, 6) is -0.629. The van der Waals surface area contributed by atoms with E-state index in [0.29, 0.717) is 24.0 Å². The molecule has 4 rings (SSSR count). The maximum atomic E-state index is 13.3. The summed E-state index contributed by atoms with van der Waals surface area (Å²) < 4.78 is 11.6. The van der Waals surface area contributed by atoms with Crippen LogP contribution in [0.25, 0.3) is 6.08 Å². The van der Waals surface area contributed by atoms with E-state index < -0.39 is 5.90 Å². The fraction of sp³-hybridized carbons (Fsp3) is 0.240. The molecular formula is C25H26N6O4S. The second-order valence-corrected chi connectivity index (χ2v) is 8.92. The summed E-state index contributed by atoms with van der Waals surface area (Å²) in [4.78, 5) is 25.3. The minimum Gasteiger partial charge on any atom is -0.861 e. The van der Waals surface area contributed by atoms with Crippen molar-refractivity contribution in [3.05, 3.63) is 72.1 Å². The Morgan fingerprint density at radius 3 is 2.67 bits per heavy atom. The van der Waals surface area contributed by atoms with Gasteiger partial charge in [-0.15, -0.1) is 0 Å². The van der Waals surface area contributed by atoms with Gasteiger partial charge >= 0.3 is 5.88 Å². The molecule has 186 valence electrons. The number of anilines is 2. The number of aromatic nitrogens is 2. The summed E-state index contributed by atoms with van der Waals surface area (Å²) in [6, 6.07) is 17.0. The number of hydrogen-bond acceptors (Lipinski definition) is 9. The Hall–Kier alpha value is -3.96. The molecule has 0 fully saturated rings. The highest BCUT2D eigenvalue weighted by Gasteiger charge is 2.31. The first-order chi connectivity index (χ1) is 17.4. The maximum Gasteiger partial charge on any atom is 0.320 e. The van der Waals surface area contributed by atoms with Gasteiger partial charge in [0.1, 0.15) is 12.3 Å². The van der Waals surface area contributed by atoms with Gasteiger partial charge in [0.2, 0.25) is 11.8 Å². The molecule has 2 aromatic carbocycles. The van der Waals surface area contributed by atoms with Crippen LogP contribution < -0.4 is 19.6 Å². The summed E-state index contributed by atoms with van der Waals surface area (Å²) in [6.07, 6.45) is 3.27. The van der Waals surface area contributed by atoms with Gasteiger partial charge in [-0.3, -0.25) is 14.2 Å². The van der Waals surface area contributed by atoms with Crippen molar-refractivity contribution < 1.29 is 23.8 Å². The van der Waals surface area contributed by atoms with Gasteiger partial charge < -0.3 is 14.7 Å². The Morgan fingerprint density at radius 2 is 1.97 bits per heavy atom. The predicted octanol–water partition coefficient (Wildman–Crippen LogP) is 2.24. The molecule has 3 aromatic rings. The van der Waals surface area contributed by atoms with Crippen molar-refractivity contribution in [2.24, 2.45) is 9.98 Å². The van der Waals surface area contributed by atoms with E-state index >= 15 is 0 Å². The largest absolute Gasteiger partial charge is 0.861 e. The van der Waals surface area contributed by atoms with Crippen LogP contribution in [-0.2, 0) is 16.1 Å². The first-order valence-electron chi connectivity index (χ1n) is 11.1. The van der Waals surface area contributed by atoms with E-state index in [1.165, 1.54) is 15.8 Å². The van der Waals surface area contributed by atoms with E-state index in [-0.39, 0.29) is 23.2 Å². The highest BCUT2D eigenvalue weighted by Crippen LogP contribution is 2.29. The standard InChI is InChI=1S/C25H26N6O4S/c1-29(2)19-11-9-18(10-12-19)15-21-24(33)31(20-7-5-4-6-8-20)25(26-21)36-17-22(32)27-23-16-30(28-35-23)13-14-34-3/h4-12,15-16H,13-14,17H2,1-3H3/b21-15+. The second kappa shape index (κ2) is 11.6. The van der Waals surface area contributed by atoms with Crippen LogP contribution in [-0.4, -0.2) is 55.8 Å². The molecule has 36 heavy (non-hydrogen) atoms. The molecule has 1 aliphatic rings. The van der Waals surface area contributed by atoms with Crippen LogP contribution in [0.3, 0.4) is 0 Å². The topological polar surface area (TPSA) is 110 Å². The number of para-hydroxylation sites is 1. The molecule has 1 aromatic heterocycles. The number of carbonyl (C=O) groups excluding carboxylic acids is 1. The molecule has 0 unspecified atom stereocenters. The minimum atomic E-state index is -0.435. The number of rotatable bonds is 9. The predicted molar refractivity (Wildman–Crippen MR) is 138 cm³/mol. The van der Waals surface area contributed by atoms with E-state index in [1.807, 2.05) is 73.6 Å². The van der Waals surface area contributed by atoms with Gasteiger partial charge in [-0.25, -0.2) is 9.98 Å². The molecule has 10 nitrogen and oxygen atoms in total. The molecule has 2 heterocycles. The molecule has 1 amide bonds. The van der Waals surface area contributed by atoms with Crippen LogP contribution in [0.15, 0.2) is 81.0 Å². The summed E-state index contributed by atoms with van der Waals surface area (Å²) in [6.45, 7) is 0.940. The van der Waals surface area contributed by atoms with E-state index in [1.54, 1.807) is 13.2 Å². The summed E-state index contributed by atoms with van der Waals surface area (Å²) >= 11 is 1.13. The third kappa shape index (κ3) is 6.18. The molecular weight excluding hydrogens is 480 g/mol. The van der Waals surface area contributed by atoms with Crippen molar-refractivity contribution in [2.45, 2.75) is 6.54 Å². The van der Waals surface area contributed by atoms with Gasteiger partial charge in [-0.1, -0.05) is 42.1 Å². The summed E-state index contributed by atoms with van der Waals surface area (Å²) in [7, 11) is 5.52. The van der Waals surface area contributed by atoms with Crippen molar-refractivity contribution >= 4 is 52.1 Å². The van der Waals surface area contributed by atoms with Crippen molar-refractivity contribution in [2.75, 3.05) is 43.4 Å². The van der Waals surface area contributed by atoms with Crippen molar-refractivity contribution in [3.8, 4) is 0 Å². The second-order valence-electron chi connectivity index (χ2n) is 7.98. The van der Waals surface area contributed by atoms with E-state index in [0.717, 1.165) is 23.0 Å². The van der Waals surface area contributed by atoms with Crippen molar-refractivity contribution in [1.29, 1.82) is 0 Å². The maximum absolute atomic E-state index is 13.3. The number of ether oxygens (including phenoxy) is 1. The van der Waals surface area contributed by atoms with Crippen LogP contribution in [0.2, 0.25) is 0 Å². The molecule has 0 saturated carbocycles. The zero-order chi connectivity index (χ0) is 25.5. The van der Waals surface area contributed by atoms with Crippen LogP contribution >= 0.6 is 11.8 Å². The van der Waals surface area contributed by atoms with Gasteiger partial charge in [0, 0.05) is 32.6 Å². The molecule has 0 aliphatic carbocycles. The fourth-order valence-corrected chi connectivity index (χ4v) is 4.11. The quantitative estimate of drug-likeness (QED) is 0.189. The van der Waals surface area contributed by atoms with Crippen molar-refractivity contribution in [1.82, 2.24) is 5.27 Å². The van der Waals surface area contributed by atoms with Gasteiger partial charge in [0.25, 0.3) is 12.1 Å². The first-order valence-corrected chi connectivity index (χ1v) is 12.1. The molecule has 0 radical (unpaired) electrons. The Morgan fingerprint density at radius 1 is 1.22 bits per heavy atom. The van der Waals surface area contributed by atoms with Gasteiger partial charge in [-0.05, 0) is 46.5 Å². The van der Waals surface area contributed by atoms with Crippen LogP contribution in [0.1, 0.15) is 5.56 Å². The number of hydrogen-bond donors (Lipinski definition) is 0. The third-order valence-electron chi connectivity index (χ3n) is 5.14. The van der Waals surface area contributed by atoms with Crippen molar-refractivity contribution in [3.63, 3.8) is 0 Å². The van der Waals surface area contributed by atoms with E-state index in [2.05, 4.69) is 15.3 Å². The number of amidine groups is 1. The number of methoxy groups -OCH3 is 1. The highest BCUT2D eigenvalue weighted by atomic mass is 32.2. The number of nitrogens with zero attached hydrogens (tertiary/aromatic N) is 6. The fourth-order valence-electron chi connectivity index (χ4n) is 3.31. The first kappa shape index (κ1) is 25.1. The van der Waals surface area contributed by atoms with E-state index in [9.17, 15) is 9.90 Å². The van der Waals surface area contributed by atoms with E-state index in [4.69, 9.17) is 9.26 Å². The summed E-state index contributed by atoms with van der Waals surface area (Å²) in [5.41, 5.74) is 2.86. The molecule has 0 saturated heterocycles. The van der Waals surface area contributed by atoms with Gasteiger partial charge in [0.05, 0.1) is 5.69 Å². The van der Waals surface area contributed by atoms with Crippen LogP contribution in [0, 0.1) is 0 Å². The SMILES string of the molecule is COCC[n+]1cc(/N=C(/[O-])CSC2=N/C(=C/c3ccc(N(C)C)cc3)C(=O)N2c2ccccc2)on1. The highest BCUT2D eigenvalue weighted by molar-refractivity contribution is 8.14. The monoisotopic (exact) mass is 506 g/mol. The van der Waals surface area contributed by atoms with Crippen LogP contribution in [0.4, 0.5) is 17.3 Å². The lowest BCUT2D eigenvalue weighted by atomic mass is 10.1. The van der Waals surface area contributed by atoms with Crippen LogP contribution in [0.5, 0.6) is 0 Å². The molecule has 11 heteroatoms. The third-order valence-corrected chi connectivity index (χ3v) is 6.06. The lowest BCUT2D eigenvalue weighted by molar-refractivity contribution is -0.763. The molecule has 1 aliphatic heterocycles. The lowest BCUT2D eigenvalue weighted by Crippen LogP contribution is -2.36. The van der Waals surface area contributed by atoms with Gasteiger partial charge in [-0.2, -0.15) is 0 Å². The number of thioether (sulfide) groups is 1. The normalized spacial score (nSPS) is 15.0.